The van der Waals surface area contributed by atoms with E-state index >= 15 is 0 Å². The van der Waals surface area contributed by atoms with E-state index < -0.39 is 0 Å². The molecule has 0 bridgehead atoms. The molecule has 0 saturated heterocycles. The van der Waals surface area contributed by atoms with E-state index in [0.717, 1.165) is 4.88 Å². The zero-order valence-corrected chi connectivity index (χ0v) is 9.26. The maximum atomic E-state index is 5.86. The first-order chi connectivity index (χ1) is 7.27. The van der Waals surface area contributed by atoms with E-state index in [-0.39, 0.29) is 10.8 Å². The molecule has 4 nitrogen and oxygen atoms in total. The molecule has 15 heavy (non-hydrogen) atoms. The smallest absolute Gasteiger partial charge is 0.238 e. The van der Waals surface area contributed by atoms with Crippen LogP contribution in [0.3, 0.4) is 0 Å². The molecule has 2 heterocycles. The Hall–Kier alpha value is -1.33. The molecule has 0 saturated carbocycles. The summed E-state index contributed by atoms with van der Waals surface area (Å²) in [4.78, 5) is 8.74. The molecule has 0 aromatic carbocycles. The molecular weight excluding hydrogens is 234 g/mol. The van der Waals surface area contributed by atoms with Crippen molar-refractivity contribution < 1.29 is 4.74 Å². The van der Waals surface area contributed by atoms with Crippen molar-refractivity contribution in [1.82, 2.24) is 9.97 Å². The molecule has 6 heteroatoms. The summed E-state index contributed by atoms with van der Waals surface area (Å²) < 4.78 is 5.41. The Labute approximate surface area is 95.7 Å². The fraction of sp³-hybridized carbons (Fsp3) is 0.111. The van der Waals surface area contributed by atoms with Gasteiger partial charge in [0.1, 0.15) is 23.8 Å². The van der Waals surface area contributed by atoms with Gasteiger partial charge in [-0.25, -0.2) is 9.97 Å². The Morgan fingerprint density at radius 2 is 2.33 bits per heavy atom. The van der Waals surface area contributed by atoms with Gasteiger partial charge in [0.25, 0.3) is 0 Å². The SMILES string of the molecule is Nc1ncnc(OCc2cccs2)c1Cl. The lowest BCUT2D eigenvalue weighted by Crippen LogP contribution is -1.99. The molecule has 78 valence electrons. The van der Waals surface area contributed by atoms with Gasteiger partial charge in [-0.15, -0.1) is 11.3 Å². The van der Waals surface area contributed by atoms with Crippen molar-refractivity contribution >= 4 is 28.8 Å². The van der Waals surface area contributed by atoms with Crippen LogP contribution < -0.4 is 10.5 Å². The average Bonchev–Trinajstić information content (AvgIpc) is 2.73. The molecule has 0 radical (unpaired) electrons. The maximum Gasteiger partial charge on any atom is 0.238 e. The summed E-state index contributed by atoms with van der Waals surface area (Å²) in [6.45, 7) is 0.438. The third-order valence-corrected chi connectivity index (χ3v) is 2.92. The summed E-state index contributed by atoms with van der Waals surface area (Å²) in [5.41, 5.74) is 5.51. The van der Waals surface area contributed by atoms with Gasteiger partial charge in [0.05, 0.1) is 0 Å². The number of nitrogens with two attached hydrogens (primary N) is 1. The lowest BCUT2D eigenvalue weighted by molar-refractivity contribution is 0.297. The van der Waals surface area contributed by atoms with Crippen LogP contribution in [-0.4, -0.2) is 9.97 Å². The van der Waals surface area contributed by atoms with Gasteiger partial charge >= 0.3 is 0 Å². The van der Waals surface area contributed by atoms with Crippen LogP contribution in [-0.2, 0) is 6.61 Å². The van der Waals surface area contributed by atoms with Crippen LogP contribution in [0.1, 0.15) is 4.88 Å². The second-order valence-corrected chi connectivity index (χ2v) is 4.16. The highest BCUT2D eigenvalue weighted by Crippen LogP contribution is 2.26. The second-order valence-electron chi connectivity index (χ2n) is 2.75. The molecule has 0 spiro atoms. The number of halogens is 1. The first-order valence-corrected chi connectivity index (χ1v) is 5.44. The van der Waals surface area contributed by atoms with E-state index in [9.17, 15) is 0 Å². The van der Waals surface area contributed by atoms with Crippen LogP contribution in [0.2, 0.25) is 5.02 Å². The lowest BCUT2D eigenvalue weighted by Gasteiger charge is -2.05. The van der Waals surface area contributed by atoms with Gasteiger partial charge in [-0.2, -0.15) is 0 Å². The van der Waals surface area contributed by atoms with Crippen LogP contribution in [0.15, 0.2) is 23.8 Å². The van der Waals surface area contributed by atoms with E-state index in [0.29, 0.717) is 12.5 Å². The highest BCUT2D eigenvalue weighted by Gasteiger charge is 2.07. The summed E-state index contributed by atoms with van der Waals surface area (Å²) >= 11 is 7.47. The van der Waals surface area contributed by atoms with E-state index in [1.54, 1.807) is 11.3 Å². The topological polar surface area (TPSA) is 61.0 Å². The van der Waals surface area contributed by atoms with Gasteiger partial charge in [-0.3, -0.25) is 0 Å². The van der Waals surface area contributed by atoms with Gasteiger partial charge in [0, 0.05) is 4.88 Å². The molecule has 0 atom stereocenters. The minimum atomic E-state index is 0.229. The standard InChI is InChI=1S/C9H8ClN3OS/c10-7-8(11)12-5-13-9(7)14-4-6-2-1-3-15-6/h1-3,5H,4H2,(H2,11,12,13). The van der Waals surface area contributed by atoms with Crippen LogP contribution in [0.4, 0.5) is 5.82 Å². The molecule has 0 unspecified atom stereocenters. The summed E-state index contributed by atoms with van der Waals surface area (Å²) in [5, 5.41) is 2.24. The van der Waals surface area contributed by atoms with E-state index in [4.69, 9.17) is 22.1 Å². The molecule has 2 aromatic heterocycles. The molecule has 2 rings (SSSR count). The Balaban J connectivity index is 2.08. The van der Waals surface area contributed by atoms with Crippen molar-refractivity contribution in [3.8, 4) is 5.88 Å². The molecule has 0 aliphatic rings. The van der Waals surface area contributed by atoms with Gasteiger partial charge in [-0.1, -0.05) is 17.7 Å². The third kappa shape index (κ3) is 2.37. The number of anilines is 1. The first-order valence-electron chi connectivity index (χ1n) is 4.18. The molecular formula is C9H8ClN3OS. The Morgan fingerprint density at radius 3 is 3.07 bits per heavy atom. The lowest BCUT2D eigenvalue weighted by atomic mass is 10.5. The van der Waals surface area contributed by atoms with Crippen molar-refractivity contribution in [3.05, 3.63) is 33.7 Å². The van der Waals surface area contributed by atoms with E-state index in [1.165, 1.54) is 6.33 Å². The van der Waals surface area contributed by atoms with Gasteiger partial charge in [0.2, 0.25) is 5.88 Å². The number of rotatable bonds is 3. The average molecular weight is 242 g/mol. The number of hydrogen-bond donors (Lipinski definition) is 1. The van der Waals surface area contributed by atoms with Gasteiger partial charge in [-0.05, 0) is 11.4 Å². The van der Waals surface area contributed by atoms with Crippen molar-refractivity contribution in [2.75, 3.05) is 5.73 Å². The predicted molar refractivity (Wildman–Crippen MR) is 60.1 cm³/mol. The van der Waals surface area contributed by atoms with Crippen molar-refractivity contribution in [2.45, 2.75) is 6.61 Å². The monoisotopic (exact) mass is 241 g/mol. The van der Waals surface area contributed by atoms with Crippen LogP contribution in [0.5, 0.6) is 5.88 Å². The predicted octanol–water partition coefficient (Wildman–Crippen LogP) is 2.35. The van der Waals surface area contributed by atoms with Crippen LogP contribution in [0, 0.1) is 0 Å². The van der Waals surface area contributed by atoms with Crippen molar-refractivity contribution in [1.29, 1.82) is 0 Å². The van der Waals surface area contributed by atoms with Gasteiger partial charge < -0.3 is 10.5 Å². The summed E-state index contributed by atoms with van der Waals surface area (Å²) in [7, 11) is 0. The quantitative estimate of drug-likeness (QED) is 0.896. The number of aromatic nitrogens is 2. The number of nitrogen functional groups attached to an aromatic ring is 1. The summed E-state index contributed by atoms with van der Waals surface area (Å²) in [6.07, 6.45) is 1.32. The number of nitrogens with zero attached hydrogens (tertiary/aromatic N) is 2. The van der Waals surface area contributed by atoms with Crippen LogP contribution >= 0.6 is 22.9 Å². The molecule has 0 aliphatic carbocycles. The molecule has 0 amide bonds. The Bertz CT molecular complexity index is 447. The summed E-state index contributed by atoms with van der Waals surface area (Å²) in [5.74, 6) is 0.547. The Morgan fingerprint density at radius 1 is 1.47 bits per heavy atom. The first kappa shape index (κ1) is 10.2. The Kier molecular flexibility index (Phi) is 3.03. The molecule has 2 aromatic rings. The highest BCUT2D eigenvalue weighted by molar-refractivity contribution is 7.09. The minimum absolute atomic E-state index is 0.229. The largest absolute Gasteiger partial charge is 0.471 e. The molecule has 0 aliphatic heterocycles. The maximum absolute atomic E-state index is 5.86. The normalized spacial score (nSPS) is 10.2. The van der Waals surface area contributed by atoms with Crippen molar-refractivity contribution in [2.24, 2.45) is 0 Å². The third-order valence-electron chi connectivity index (χ3n) is 1.72. The fourth-order valence-electron chi connectivity index (χ4n) is 1.00. The second kappa shape index (κ2) is 4.46. The number of thiophene rings is 1. The van der Waals surface area contributed by atoms with E-state index in [2.05, 4.69) is 9.97 Å². The number of hydrogen-bond acceptors (Lipinski definition) is 5. The zero-order valence-electron chi connectivity index (χ0n) is 7.68. The van der Waals surface area contributed by atoms with Crippen molar-refractivity contribution in [3.63, 3.8) is 0 Å². The van der Waals surface area contributed by atoms with E-state index in [1.807, 2.05) is 17.5 Å². The zero-order chi connectivity index (χ0) is 10.7. The minimum Gasteiger partial charge on any atom is -0.471 e. The van der Waals surface area contributed by atoms with Gasteiger partial charge in [0.15, 0.2) is 0 Å². The molecule has 2 N–H and O–H groups in total. The molecule has 0 fully saturated rings. The highest BCUT2D eigenvalue weighted by atomic mass is 35.5. The summed E-state index contributed by atoms with van der Waals surface area (Å²) in [6, 6.07) is 3.93. The number of ether oxygens (including phenoxy) is 1. The van der Waals surface area contributed by atoms with Crippen LogP contribution in [0.25, 0.3) is 0 Å². The fourth-order valence-corrected chi connectivity index (χ4v) is 1.77.